The lowest BCUT2D eigenvalue weighted by atomic mass is 9.68. The highest BCUT2D eigenvalue weighted by molar-refractivity contribution is 4.89. The van der Waals surface area contributed by atoms with Crippen molar-refractivity contribution < 1.29 is 0 Å². The molecule has 2 atom stereocenters. The highest BCUT2D eigenvalue weighted by atomic mass is 15.1. The van der Waals surface area contributed by atoms with E-state index in [1.165, 1.54) is 96.7 Å². The second-order valence-electron chi connectivity index (χ2n) is 7.92. The van der Waals surface area contributed by atoms with Crippen LogP contribution in [0.15, 0.2) is 0 Å². The maximum Gasteiger partial charge on any atom is 0.00793 e. The van der Waals surface area contributed by atoms with Gasteiger partial charge in [0.15, 0.2) is 0 Å². The summed E-state index contributed by atoms with van der Waals surface area (Å²) in [6, 6.07) is 0.475. The smallest absolute Gasteiger partial charge is 0.00793 e. The third-order valence-corrected chi connectivity index (χ3v) is 6.54. The van der Waals surface area contributed by atoms with E-state index >= 15 is 0 Å². The first-order chi connectivity index (χ1) is 9.77. The molecule has 0 aromatic rings. The minimum Gasteiger partial charge on any atom is -0.327 e. The topological polar surface area (TPSA) is 29.3 Å². The van der Waals surface area contributed by atoms with E-state index < -0.39 is 0 Å². The molecule has 1 spiro atoms. The third kappa shape index (κ3) is 3.57. The van der Waals surface area contributed by atoms with E-state index in [1.807, 2.05) is 0 Å². The molecule has 0 aromatic carbocycles. The predicted octanol–water partition coefficient (Wildman–Crippen LogP) is 3.94. The van der Waals surface area contributed by atoms with E-state index in [-0.39, 0.29) is 0 Å². The monoisotopic (exact) mass is 278 g/mol. The van der Waals surface area contributed by atoms with Crippen LogP contribution in [0.25, 0.3) is 0 Å². The van der Waals surface area contributed by atoms with Crippen molar-refractivity contribution >= 4 is 0 Å². The number of nitrogens with zero attached hydrogens (tertiary/aromatic N) is 1. The summed E-state index contributed by atoms with van der Waals surface area (Å²) in [5.74, 6) is 0.776. The van der Waals surface area contributed by atoms with Gasteiger partial charge in [-0.25, -0.2) is 0 Å². The standard InChI is InChI=1S/C18H34N2/c19-17-8-4-1-3-7-16(17)15-20-13-11-18(12-14-20)9-5-2-6-10-18/h16-17H,1-15,19H2. The lowest BCUT2D eigenvalue weighted by molar-refractivity contribution is 0.0566. The quantitative estimate of drug-likeness (QED) is 0.775. The maximum atomic E-state index is 6.41. The molecule has 20 heavy (non-hydrogen) atoms. The molecule has 2 heteroatoms. The molecule has 116 valence electrons. The molecule has 1 saturated heterocycles. The number of hydrogen-bond donors (Lipinski definition) is 1. The van der Waals surface area contributed by atoms with Crippen molar-refractivity contribution in [1.29, 1.82) is 0 Å². The van der Waals surface area contributed by atoms with Crippen molar-refractivity contribution in [2.75, 3.05) is 19.6 Å². The SMILES string of the molecule is NC1CCCCCC1CN1CCC2(CCCCC2)CC1. The van der Waals surface area contributed by atoms with E-state index in [2.05, 4.69) is 4.90 Å². The molecule has 2 saturated carbocycles. The number of piperidine rings is 1. The summed E-state index contributed by atoms with van der Waals surface area (Å²) in [5, 5.41) is 0. The number of hydrogen-bond acceptors (Lipinski definition) is 2. The van der Waals surface area contributed by atoms with Crippen molar-refractivity contribution in [2.45, 2.75) is 83.1 Å². The van der Waals surface area contributed by atoms with E-state index in [0.717, 1.165) is 11.3 Å². The molecule has 0 radical (unpaired) electrons. The largest absolute Gasteiger partial charge is 0.327 e. The zero-order chi connectivity index (χ0) is 13.8. The molecule has 2 aliphatic carbocycles. The zero-order valence-electron chi connectivity index (χ0n) is 13.3. The first kappa shape index (κ1) is 14.8. The van der Waals surface area contributed by atoms with Gasteiger partial charge in [0, 0.05) is 12.6 Å². The van der Waals surface area contributed by atoms with Crippen LogP contribution in [0.2, 0.25) is 0 Å². The Morgan fingerprint density at radius 1 is 0.800 bits per heavy atom. The fourth-order valence-corrected chi connectivity index (χ4v) is 4.98. The Morgan fingerprint density at radius 2 is 1.45 bits per heavy atom. The van der Waals surface area contributed by atoms with Crippen molar-refractivity contribution in [1.82, 2.24) is 4.90 Å². The molecule has 1 heterocycles. The summed E-state index contributed by atoms with van der Waals surface area (Å²) in [4.78, 5) is 2.75. The molecular formula is C18H34N2. The lowest BCUT2D eigenvalue weighted by Gasteiger charge is -2.45. The fourth-order valence-electron chi connectivity index (χ4n) is 4.98. The molecule has 2 unspecified atom stereocenters. The van der Waals surface area contributed by atoms with Gasteiger partial charge in [0.1, 0.15) is 0 Å². The second kappa shape index (κ2) is 6.79. The summed E-state index contributed by atoms with van der Waals surface area (Å²) in [7, 11) is 0. The number of nitrogens with two attached hydrogens (primary N) is 1. The molecule has 3 aliphatic rings. The van der Waals surface area contributed by atoms with Gasteiger partial charge < -0.3 is 10.6 Å². The van der Waals surface area contributed by atoms with Crippen LogP contribution in [0.1, 0.15) is 77.0 Å². The summed E-state index contributed by atoms with van der Waals surface area (Å²) in [6.07, 6.45) is 17.3. The maximum absolute atomic E-state index is 6.41. The molecule has 1 aliphatic heterocycles. The molecule has 0 aromatic heterocycles. The van der Waals surface area contributed by atoms with Crippen LogP contribution in [0.4, 0.5) is 0 Å². The third-order valence-electron chi connectivity index (χ3n) is 6.54. The Kier molecular flexibility index (Phi) is 5.04. The summed E-state index contributed by atoms with van der Waals surface area (Å²) in [6.45, 7) is 3.99. The summed E-state index contributed by atoms with van der Waals surface area (Å²) < 4.78 is 0. The Balaban J connectivity index is 1.48. The van der Waals surface area contributed by atoms with E-state index in [1.54, 1.807) is 0 Å². The minimum absolute atomic E-state index is 0.475. The second-order valence-corrected chi connectivity index (χ2v) is 7.92. The summed E-state index contributed by atoms with van der Waals surface area (Å²) in [5.41, 5.74) is 7.16. The minimum atomic E-state index is 0.475. The molecule has 0 amide bonds. The van der Waals surface area contributed by atoms with Gasteiger partial charge in [0.25, 0.3) is 0 Å². The number of likely N-dealkylation sites (tertiary alicyclic amines) is 1. The predicted molar refractivity (Wildman–Crippen MR) is 85.7 cm³/mol. The van der Waals surface area contributed by atoms with Gasteiger partial charge in [-0.2, -0.15) is 0 Å². The van der Waals surface area contributed by atoms with Crippen LogP contribution in [0.5, 0.6) is 0 Å². The highest BCUT2D eigenvalue weighted by Gasteiger charge is 2.36. The van der Waals surface area contributed by atoms with Gasteiger partial charge in [0.2, 0.25) is 0 Å². The van der Waals surface area contributed by atoms with E-state index in [9.17, 15) is 0 Å². The first-order valence-electron chi connectivity index (χ1n) is 9.25. The van der Waals surface area contributed by atoms with Crippen LogP contribution in [-0.4, -0.2) is 30.6 Å². The molecule has 2 N–H and O–H groups in total. The Labute approximate surface area is 125 Å². The molecular weight excluding hydrogens is 244 g/mol. The van der Waals surface area contributed by atoms with Crippen molar-refractivity contribution in [2.24, 2.45) is 17.1 Å². The van der Waals surface area contributed by atoms with Crippen molar-refractivity contribution in [3.63, 3.8) is 0 Å². The van der Waals surface area contributed by atoms with Crippen molar-refractivity contribution in [3.05, 3.63) is 0 Å². The Bertz CT molecular complexity index is 286. The Morgan fingerprint density at radius 3 is 2.20 bits per heavy atom. The molecule has 2 nitrogen and oxygen atoms in total. The molecule has 0 bridgehead atoms. The van der Waals surface area contributed by atoms with Crippen LogP contribution in [-0.2, 0) is 0 Å². The van der Waals surface area contributed by atoms with Crippen LogP contribution in [0.3, 0.4) is 0 Å². The highest BCUT2D eigenvalue weighted by Crippen LogP contribution is 2.44. The fraction of sp³-hybridized carbons (Fsp3) is 1.00. The van der Waals surface area contributed by atoms with Crippen LogP contribution < -0.4 is 5.73 Å². The lowest BCUT2D eigenvalue weighted by Crippen LogP contribution is -2.45. The van der Waals surface area contributed by atoms with Gasteiger partial charge >= 0.3 is 0 Å². The zero-order valence-corrected chi connectivity index (χ0v) is 13.3. The van der Waals surface area contributed by atoms with Gasteiger partial charge in [0.05, 0.1) is 0 Å². The van der Waals surface area contributed by atoms with Gasteiger partial charge in [-0.3, -0.25) is 0 Å². The molecule has 3 rings (SSSR count). The van der Waals surface area contributed by atoms with E-state index in [0.29, 0.717) is 6.04 Å². The normalized spacial score (nSPS) is 35.9. The van der Waals surface area contributed by atoms with Crippen molar-refractivity contribution in [3.8, 4) is 0 Å². The van der Waals surface area contributed by atoms with E-state index in [4.69, 9.17) is 5.73 Å². The summed E-state index contributed by atoms with van der Waals surface area (Å²) >= 11 is 0. The number of rotatable bonds is 2. The average Bonchev–Trinajstić information content (AvgIpc) is 2.68. The first-order valence-corrected chi connectivity index (χ1v) is 9.25. The van der Waals surface area contributed by atoms with Gasteiger partial charge in [-0.1, -0.05) is 38.5 Å². The van der Waals surface area contributed by atoms with Gasteiger partial charge in [-0.15, -0.1) is 0 Å². The van der Waals surface area contributed by atoms with Crippen LogP contribution in [0, 0.1) is 11.3 Å². The molecule has 3 fully saturated rings. The van der Waals surface area contributed by atoms with Gasteiger partial charge in [-0.05, 0) is 62.9 Å². The average molecular weight is 278 g/mol. The Hall–Kier alpha value is -0.0800. The van der Waals surface area contributed by atoms with Crippen LogP contribution >= 0.6 is 0 Å².